The Hall–Kier alpha value is -2.34. The summed E-state index contributed by atoms with van der Waals surface area (Å²) < 4.78 is 42.5. The van der Waals surface area contributed by atoms with Gasteiger partial charge in [-0.2, -0.15) is 0 Å². The van der Waals surface area contributed by atoms with E-state index in [0.29, 0.717) is 17.2 Å². The summed E-state index contributed by atoms with van der Waals surface area (Å²) in [6, 6.07) is 6.75. The molecule has 1 aliphatic heterocycles. The molecule has 0 bridgehead atoms. The molecule has 21 heavy (non-hydrogen) atoms. The summed E-state index contributed by atoms with van der Waals surface area (Å²) in [5.74, 6) is 0.384. The Morgan fingerprint density at radius 3 is 2.52 bits per heavy atom. The standard InChI is InChI=1S/C15H13F2NO3/c16-11-2-1-9(12(17)4-11)7-19-13-5-15-14(20-8-21-15)3-10(13)6-18/h1-5H,6-8,18H2. The Kier molecular flexibility index (Phi) is 3.62. The highest BCUT2D eigenvalue weighted by atomic mass is 19.1. The summed E-state index contributed by atoms with van der Waals surface area (Å²) in [4.78, 5) is 0. The third kappa shape index (κ3) is 2.75. The second-order valence-electron chi connectivity index (χ2n) is 4.54. The van der Waals surface area contributed by atoms with Crippen LogP contribution in [0.15, 0.2) is 30.3 Å². The molecule has 6 heteroatoms. The Morgan fingerprint density at radius 2 is 1.81 bits per heavy atom. The lowest BCUT2D eigenvalue weighted by Crippen LogP contribution is -2.04. The van der Waals surface area contributed by atoms with Crippen molar-refractivity contribution in [3.8, 4) is 17.2 Å². The van der Waals surface area contributed by atoms with Gasteiger partial charge in [0.25, 0.3) is 0 Å². The smallest absolute Gasteiger partial charge is 0.231 e. The van der Waals surface area contributed by atoms with Gasteiger partial charge in [0.15, 0.2) is 11.5 Å². The lowest BCUT2D eigenvalue weighted by Gasteiger charge is -2.12. The van der Waals surface area contributed by atoms with Gasteiger partial charge in [-0.05, 0) is 18.2 Å². The van der Waals surface area contributed by atoms with Crippen LogP contribution in [0.5, 0.6) is 17.2 Å². The number of ether oxygens (including phenoxy) is 3. The van der Waals surface area contributed by atoms with E-state index in [4.69, 9.17) is 19.9 Å². The van der Waals surface area contributed by atoms with Crippen LogP contribution in [0, 0.1) is 11.6 Å². The average molecular weight is 293 g/mol. The number of halogens is 2. The van der Waals surface area contributed by atoms with Crippen molar-refractivity contribution in [3.05, 3.63) is 53.1 Å². The van der Waals surface area contributed by atoms with Crippen LogP contribution in [0.3, 0.4) is 0 Å². The maximum atomic E-state index is 13.6. The van der Waals surface area contributed by atoms with Crippen molar-refractivity contribution in [1.82, 2.24) is 0 Å². The maximum absolute atomic E-state index is 13.6. The SMILES string of the molecule is NCc1cc2c(cc1OCc1ccc(F)cc1F)OCO2. The summed E-state index contributed by atoms with van der Waals surface area (Å²) in [6.45, 7) is 0.367. The highest BCUT2D eigenvalue weighted by molar-refractivity contribution is 5.51. The first-order valence-corrected chi connectivity index (χ1v) is 6.36. The zero-order valence-corrected chi connectivity index (χ0v) is 11.1. The van der Waals surface area contributed by atoms with Crippen molar-refractivity contribution in [1.29, 1.82) is 0 Å². The van der Waals surface area contributed by atoms with Crippen LogP contribution in [0.2, 0.25) is 0 Å². The van der Waals surface area contributed by atoms with Crippen molar-refractivity contribution in [3.63, 3.8) is 0 Å². The molecular weight excluding hydrogens is 280 g/mol. The van der Waals surface area contributed by atoms with E-state index in [-0.39, 0.29) is 25.5 Å². The van der Waals surface area contributed by atoms with Crippen molar-refractivity contribution in [2.75, 3.05) is 6.79 Å². The fraction of sp³-hybridized carbons (Fsp3) is 0.200. The predicted molar refractivity (Wildman–Crippen MR) is 71.1 cm³/mol. The van der Waals surface area contributed by atoms with E-state index in [1.54, 1.807) is 12.1 Å². The summed E-state index contributed by atoms with van der Waals surface area (Å²) in [5.41, 5.74) is 6.65. The molecule has 0 atom stereocenters. The monoisotopic (exact) mass is 293 g/mol. The summed E-state index contributed by atoms with van der Waals surface area (Å²) >= 11 is 0. The van der Waals surface area contributed by atoms with E-state index < -0.39 is 11.6 Å². The largest absolute Gasteiger partial charge is 0.488 e. The first kappa shape index (κ1) is 13.6. The van der Waals surface area contributed by atoms with E-state index in [1.807, 2.05) is 0 Å². The molecule has 1 heterocycles. The first-order valence-electron chi connectivity index (χ1n) is 6.36. The topological polar surface area (TPSA) is 53.7 Å². The third-order valence-corrected chi connectivity index (χ3v) is 3.17. The van der Waals surface area contributed by atoms with Crippen LogP contribution in [-0.4, -0.2) is 6.79 Å². The minimum Gasteiger partial charge on any atom is -0.488 e. The average Bonchev–Trinajstić information content (AvgIpc) is 2.92. The quantitative estimate of drug-likeness (QED) is 0.941. The zero-order chi connectivity index (χ0) is 14.8. The molecule has 4 nitrogen and oxygen atoms in total. The van der Waals surface area contributed by atoms with E-state index in [2.05, 4.69) is 0 Å². The highest BCUT2D eigenvalue weighted by Gasteiger charge is 2.18. The molecule has 1 aliphatic rings. The first-order chi connectivity index (χ1) is 10.2. The minimum atomic E-state index is -0.648. The molecule has 0 fully saturated rings. The molecule has 2 N–H and O–H groups in total. The Morgan fingerprint density at radius 1 is 1.05 bits per heavy atom. The Balaban J connectivity index is 1.81. The summed E-state index contributed by atoms with van der Waals surface area (Å²) in [7, 11) is 0. The molecule has 0 unspecified atom stereocenters. The van der Waals surface area contributed by atoms with E-state index in [0.717, 1.165) is 11.6 Å². The minimum absolute atomic E-state index is 0.0290. The second-order valence-corrected chi connectivity index (χ2v) is 4.54. The molecule has 0 amide bonds. The van der Waals surface area contributed by atoms with E-state index in [9.17, 15) is 8.78 Å². The third-order valence-electron chi connectivity index (χ3n) is 3.17. The lowest BCUT2D eigenvalue weighted by atomic mass is 10.1. The maximum Gasteiger partial charge on any atom is 0.231 e. The fourth-order valence-corrected chi connectivity index (χ4v) is 2.05. The molecule has 2 aromatic rings. The summed E-state index contributed by atoms with van der Waals surface area (Å²) in [6.07, 6.45) is 0. The predicted octanol–water partition coefficient (Wildman–Crippen LogP) is 2.73. The molecule has 0 spiro atoms. The van der Waals surface area contributed by atoms with Crippen LogP contribution in [-0.2, 0) is 13.2 Å². The molecule has 0 aliphatic carbocycles. The molecule has 110 valence electrons. The van der Waals surface area contributed by atoms with Gasteiger partial charge in [0, 0.05) is 29.8 Å². The molecule has 0 aromatic heterocycles. The van der Waals surface area contributed by atoms with Crippen LogP contribution < -0.4 is 19.9 Å². The van der Waals surface area contributed by atoms with Crippen LogP contribution in [0.4, 0.5) is 8.78 Å². The number of benzene rings is 2. The lowest BCUT2D eigenvalue weighted by molar-refractivity contribution is 0.173. The van der Waals surface area contributed by atoms with Gasteiger partial charge >= 0.3 is 0 Å². The molecule has 0 radical (unpaired) electrons. The van der Waals surface area contributed by atoms with Crippen molar-refractivity contribution in [2.24, 2.45) is 5.73 Å². The van der Waals surface area contributed by atoms with Crippen LogP contribution in [0.25, 0.3) is 0 Å². The Bertz CT molecular complexity index is 676. The number of hydrogen-bond acceptors (Lipinski definition) is 4. The van der Waals surface area contributed by atoms with Crippen molar-refractivity contribution >= 4 is 0 Å². The summed E-state index contributed by atoms with van der Waals surface area (Å²) in [5, 5.41) is 0. The number of fused-ring (bicyclic) bond motifs is 1. The van der Waals surface area contributed by atoms with Crippen molar-refractivity contribution in [2.45, 2.75) is 13.2 Å². The van der Waals surface area contributed by atoms with Crippen LogP contribution in [0.1, 0.15) is 11.1 Å². The molecule has 3 rings (SSSR count). The molecule has 2 aromatic carbocycles. The van der Waals surface area contributed by atoms with Gasteiger partial charge in [0.2, 0.25) is 6.79 Å². The zero-order valence-electron chi connectivity index (χ0n) is 11.1. The van der Waals surface area contributed by atoms with E-state index >= 15 is 0 Å². The van der Waals surface area contributed by atoms with Gasteiger partial charge in [-0.15, -0.1) is 0 Å². The Labute approximate surface area is 120 Å². The van der Waals surface area contributed by atoms with E-state index in [1.165, 1.54) is 12.1 Å². The van der Waals surface area contributed by atoms with Gasteiger partial charge in [-0.3, -0.25) is 0 Å². The van der Waals surface area contributed by atoms with Crippen LogP contribution >= 0.6 is 0 Å². The number of hydrogen-bond donors (Lipinski definition) is 1. The molecular formula is C15H13F2NO3. The second kappa shape index (κ2) is 5.57. The number of rotatable bonds is 4. The van der Waals surface area contributed by atoms with Gasteiger partial charge in [0.1, 0.15) is 24.0 Å². The van der Waals surface area contributed by atoms with Gasteiger partial charge in [-0.1, -0.05) is 0 Å². The fourth-order valence-electron chi connectivity index (χ4n) is 2.05. The molecule has 0 saturated heterocycles. The van der Waals surface area contributed by atoms with Gasteiger partial charge in [-0.25, -0.2) is 8.78 Å². The molecule has 0 saturated carbocycles. The van der Waals surface area contributed by atoms with Gasteiger partial charge in [0.05, 0.1) is 0 Å². The highest BCUT2D eigenvalue weighted by Crippen LogP contribution is 2.38. The normalized spacial score (nSPS) is 12.5. The van der Waals surface area contributed by atoms with Gasteiger partial charge < -0.3 is 19.9 Å². The van der Waals surface area contributed by atoms with Crippen molar-refractivity contribution < 1.29 is 23.0 Å². The number of nitrogens with two attached hydrogens (primary N) is 1.